The zero-order valence-corrected chi connectivity index (χ0v) is 16.7. The molecule has 1 aliphatic heterocycles. The molecule has 8 heteroatoms. The number of hydrogen-bond acceptors (Lipinski definition) is 5. The van der Waals surface area contributed by atoms with E-state index in [0.717, 1.165) is 5.56 Å². The number of benzene rings is 2. The highest BCUT2D eigenvalue weighted by atomic mass is 32.2. The van der Waals surface area contributed by atoms with Crippen molar-refractivity contribution in [2.75, 3.05) is 7.11 Å². The van der Waals surface area contributed by atoms with Gasteiger partial charge in [0.15, 0.2) is 11.5 Å². The Morgan fingerprint density at radius 2 is 1.86 bits per heavy atom. The quantitative estimate of drug-likeness (QED) is 0.470. The maximum atomic E-state index is 12.9. The summed E-state index contributed by atoms with van der Waals surface area (Å²) in [7, 11) is 1.36. The first-order chi connectivity index (χ1) is 13.4. The molecule has 3 rings (SSSR count). The fraction of sp³-hybridized carbons (Fsp3) is 0.200. The van der Waals surface area contributed by atoms with Crippen LogP contribution in [0.25, 0.3) is 6.08 Å². The number of carbonyl (C=O) groups excluding carboxylic acids is 1. The van der Waals surface area contributed by atoms with E-state index in [1.165, 1.54) is 31.0 Å². The molecule has 1 aliphatic rings. The Kier molecular flexibility index (Phi) is 6.31. The van der Waals surface area contributed by atoms with Crippen molar-refractivity contribution in [3.8, 4) is 11.5 Å². The summed E-state index contributed by atoms with van der Waals surface area (Å²) < 4.78 is 34.9. The van der Waals surface area contributed by atoms with Crippen molar-refractivity contribution in [2.45, 2.75) is 19.6 Å². The molecule has 28 heavy (non-hydrogen) atoms. The molecule has 0 bridgehead atoms. The molecule has 1 saturated heterocycles. The lowest BCUT2D eigenvalue weighted by Crippen LogP contribution is -2.30. The van der Waals surface area contributed by atoms with Crippen molar-refractivity contribution in [3.63, 3.8) is 0 Å². The highest BCUT2D eigenvalue weighted by molar-refractivity contribution is 8.26. The van der Waals surface area contributed by atoms with Crippen molar-refractivity contribution >= 4 is 40.3 Å². The number of amides is 1. The van der Waals surface area contributed by atoms with Gasteiger partial charge in [-0.15, -0.1) is 0 Å². The molecular formula is C20H17F2NO3S2. The summed E-state index contributed by atoms with van der Waals surface area (Å²) in [5.74, 6) is -0.111. The number of ether oxygens (including phenoxy) is 2. The van der Waals surface area contributed by atoms with Gasteiger partial charge in [0.25, 0.3) is 5.91 Å². The van der Waals surface area contributed by atoms with Crippen molar-refractivity contribution in [1.29, 1.82) is 0 Å². The maximum absolute atomic E-state index is 12.9. The van der Waals surface area contributed by atoms with Gasteiger partial charge in [-0.05, 0) is 36.3 Å². The Hall–Kier alpha value is -2.45. The van der Waals surface area contributed by atoms with Gasteiger partial charge in [0.2, 0.25) is 0 Å². The minimum atomic E-state index is -2.95. The predicted molar refractivity (Wildman–Crippen MR) is 109 cm³/mol. The van der Waals surface area contributed by atoms with Crippen molar-refractivity contribution in [3.05, 3.63) is 64.6 Å². The second kappa shape index (κ2) is 8.70. The second-order valence-corrected chi connectivity index (χ2v) is 7.60. The SMILES string of the molecule is COc1cc(/C=C2/SC(=S)N([C@H](C)c3ccccc3)C2=O)ccc1OC(F)F. The monoisotopic (exact) mass is 421 g/mol. The highest BCUT2D eigenvalue weighted by Gasteiger charge is 2.35. The molecule has 4 nitrogen and oxygen atoms in total. The summed E-state index contributed by atoms with van der Waals surface area (Å²) in [5.41, 5.74) is 1.60. The van der Waals surface area contributed by atoms with E-state index >= 15 is 0 Å². The van der Waals surface area contributed by atoms with E-state index in [1.54, 1.807) is 17.0 Å². The van der Waals surface area contributed by atoms with Crippen LogP contribution in [-0.2, 0) is 4.79 Å². The largest absolute Gasteiger partial charge is 0.493 e. The van der Waals surface area contributed by atoms with Gasteiger partial charge in [-0.2, -0.15) is 8.78 Å². The summed E-state index contributed by atoms with van der Waals surface area (Å²) in [6.07, 6.45) is 1.66. The number of thiocarbonyl (C=S) groups is 1. The number of rotatable bonds is 6. The van der Waals surface area contributed by atoms with Crippen LogP contribution < -0.4 is 9.47 Å². The molecule has 2 aromatic rings. The standard InChI is InChI=1S/C20H17F2NO3S2/c1-12(14-6-4-3-5-7-14)23-18(24)17(28-20(23)27)11-13-8-9-15(26-19(21)22)16(10-13)25-2/h3-12,19H,1-2H3/b17-11+/t12-/m1/s1. The molecule has 0 saturated carbocycles. The maximum Gasteiger partial charge on any atom is 0.387 e. The molecule has 0 radical (unpaired) electrons. The van der Waals surface area contributed by atoms with Gasteiger partial charge in [0.05, 0.1) is 18.1 Å². The summed E-state index contributed by atoms with van der Waals surface area (Å²) in [4.78, 5) is 14.9. The number of thioether (sulfide) groups is 1. The summed E-state index contributed by atoms with van der Waals surface area (Å²) >= 11 is 6.61. The zero-order valence-electron chi connectivity index (χ0n) is 15.1. The molecule has 0 N–H and O–H groups in total. The summed E-state index contributed by atoms with van der Waals surface area (Å²) in [5, 5.41) is 0. The van der Waals surface area contributed by atoms with Crippen molar-refractivity contribution in [1.82, 2.24) is 4.90 Å². The number of alkyl halides is 2. The van der Waals surface area contributed by atoms with E-state index in [2.05, 4.69) is 4.74 Å². The second-order valence-electron chi connectivity index (χ2n) is 5.93. The van der Waals surface area contributed by atoms with Gasteiger partial charge < -0.3 is 9.47 Å². The Bertz CT molecular complexity index is 919. The van der Waals surface area contributed by atoms with Crippen molar-refractivity contribution < 1.29 is 23.0 Å². The molecule has 0 spiro atoms. The van der Waals surface area contributed by atoms with Gasteiger partial charge in [-0.25, -0.2) is 0 Å². The van der Waals surface area contributed by atoms with Gasteiger partial charge >= 0.3 is 6.61 Å². The average Bonchev–Trinajstić information content (AvgIpc) is 2.96. The van der Waals surface area contributed by atoms with Crippen LogP contribution in [0.3, 0.4) is 0 Å². The fourth-order valence-electron chi connectivity index (χ4n) is 2.81. The molecule has 2 aromatic carbocycles. The third-order valence-corrected chi connectivity index (χ3v) is 5.52. The van der Waals surface area contributed by atoms with Crippen LogP contribution in [0.15, 0.2) is 53.4 Å². The lowest BCUT2D eigenvalue weighted by Gasteiger charge is -2.23. The van der Waals surface area contributed by atoms with Crippen LogP contribution in [0.4, 0.5) is 8.78 Å². The lowest BCUT2D eigenvalue weighted by atomic mass is 10.1. The third kappa shape index (κ3) is 4.34. The smallest absolute Gasteiger partial charge is 0.387 e. The predicted octanol–water partition coefficient (Wildman–Crippen LogP) is 5.26. The van der Waals surface area contributed by atoms with Crippen LogP contribution in [-0.4, -0.2) is 28.8 Å². The van der Waals surface area contributed by atoms with Crippen molar-refractivity contribution in [2.24, 2.45) is 0 Å². The minimum Gasteiger partial charge on any atom is -0.493 e. The summed E-state index contributed by atoms with van der Waals surface area (Å²) in [6, 6.07) is 13.9. The van der Waals surface area contributed by atoms with Crippen LogP contribution in [0, 0.1) is 0 Å². The van der Waals surface area contributed by atoms with Crippen LogP contribution >= 0.6 is 24.0 Å². The molecule has 1 fully saturated rings. The normalized spacial score (nSPS) is 16.8. The van der Waals surface area contributed by atoms with E-state index < -0.39 is 6.61 Å². The molecule has 0 unspecified atom stereocenters. The van der Waals surface area contributed by atoms with E-state index in [4.69, 9.17) is 17.0 Å². The highest BCUT2D eigenvalue weighted by Crippen LogP contribution is 2.39. The number of hydrogen-bond donors (Lipinski definition) is 0. The zero-order chi connectivity index (χ0) is 20.3. The van der Waals surface area contributed by atoms with Crippen LogP contribution in [0.2, 0.25) is 0 Å². The fourth-order valence-corrected chi connectivity index (χ4v) is 4.23. The number of methoxy groups -OCH3 is 1. The Balaban J connectivity index is 1.85. The number of nitrogens with zero attached hydrogens (tertiary/aromatic N) is 1. The first-order valence-electron chi connectivity index (χ1n) is 8.35. The van der Waals surface area contributed by atoms with Gasteiger partial charge in [-0.1, -0.05) is 60.4 Å². The number of carbonyl (C=O) groups is 1. The Labute approximate surface area is 171 Å². The minimum absolute atomic E-state index is 0.0695. The molecule has 0 aliphatic carbocycles. The van der Waals surface area contributed by atoms with Crippen LogP contribution in [0.5, 0.6) is 11.5 Å². The topological polar surface area (TPSA) is 38.8 Å². The lowest BCUT2D eigenvalue weighted by molar-refractivity contribution is -0.123. The molecule has 146 valence electrons. The molecule has 0 aromatic heterocycles. The average molecular weight is 421 g/mol. The van der Waals surface area contributed by atoms with E-state index in [-0.39, 0.29) is 23.4 Å². The molecular weight excluding hydrogens is 404 g/mol. The molecule has 1 heterocycles. The Morgan fingerprint density at radius 1 is 1.14 bits per heavy atom. The molecule has 1 atom stereocenters. The number of halogens is 2. The Morgan fingerprint density at radius 3 is 2.50 bits per heavy atom. The van der Waals surface area contributed by atoms with E-state index in [1.807, 2.05) is 37.3 Å². The van der Waals surface area contributed by atoms with E-state index in [0.29, 0.717) is 14.8 Å². The molecule has 1 amide bonds. The van der Waals surface area contributed by atoms with Crippen LogP contribution in [0.1, 0.15) is 24.1 Å². The first-order valence-corrected chi connectivity index (χ1v) is 9.58. The first kappa shape index (κ1) is 20.3. The van der Waals surface area contributed by atoms with Gasteiger partial charge in [0.1, 0.15) is 4.32 Å². The van der Waals surface area contributed by atoms with Gasteiger partial charge in [0, 0.05) is 0 Å². The summed E-state index contributed by atoms with van der Waals surface area (Å²) in [6.45, 7) is -1.03. The third-order valence-electron chi connectivity index (χ3n) is 4.19. The van der Waals surface area contributed by atoms with E-state index in [9.17, 15) is 13.6 Å². The van der Waals surface area contributed by atoms with Gasteiger partial charge in [-0.3, -0.25) is 9.69 Å².